The fourth-order valence-corrected chi connectivity index (χ4v) is 1.16. The Balaban J connectivity index is 2.65. The fourth-order valence-electron chi connectivity index (χ4n) is 1.16. The highest BCUT2D eigenvalue weighted by molar-refractivity contribution is 5.94. The SMILES string of the molecule is Cc1ccc(C(=O)N[C@@H](C)C(C)C)cc1. The summed E-state index contributed by atoms with van der Waals surface area (Å²) in [6.45, 7) is 8.23. The fraction of sp³-hybridized carbons (Fsp3) is 0.462. The summed E-state index contributed by atoms with van der Waals surface area (Å²) in [6.07, 6.45) is 0. The first-order valence-corrected chi connectivity index (χ1v) is 5.38. The van der Waals surface area contributed by atoms with Gasteiger partial charge in [0.25, 0.3) is 5.91 Å². The van der Waals surface area contributed by atoms with Gasteiger partial charge in [0.1, 0.15) is 0 Å². The first kappa shape index (κ1) is 11.8. The smallest absolute Gasteiger partial charge is 0.251 e. The summed E-state index contributed by atoms with van der Waals surface area (Å²) in [4.78, 5) is 11.8. The van der Waals surface area contributed by atoms with E-state index in [0.29, 0.717) is 5.92 Å². The van der Waals surface area contributed by atoms with Gasteiger partial charge in [0.15, 0.2) is 0 Å². The molecule has 0 saturated heterocycles. The molecule has 1 atom stereocenters. The van der Waals surface area contributed by atoms with Crippen LogP contribution in [-0.2, 0) is 0 Å². The molecule has 0 unspecified atom stereocenters. The third-order valence-electron chi connectivity index (χ3n) is 2.67. The molecular formula is C13H19NO. The van der Waals surface area contributed by atoms with Crippen molar-refractivity contribution in [1.29, 1.82) is 0 Å². The van der Waals surface area contributed by atoms with Gasteiger partial charge in [-0.05, 0) is 31.9 Å². The maximum Gasteiger partial charge on any atom is 0.251 e. The summed E-state index contributed by atoms with van der Waals surface area (Å²) < 4.78 is 0. The number of hydrogen-bond acceptors (Lipinski definition) is 1. The maximum atomic E-state index is 11.8. The van der Waals surface area contributed by atoms with Gasteiger partial charge in [-0.1, -0.05) is 31.5 Å². The van der Waals surface area contributed by atoms with Crippen LogP contribution < -0.4 is 5.32 Å². The van der Waals surface area contributed by atoms with E-state index in [1.54, 1.807) is 0 Å². The minimum Gasteiger partial charge on any atom is -0.349 e. The average molecular weight is 205 g/mol. The van der Waals surface area contributed by atoms with Crippen molar-refractivity contribution in [3.8, 4) is 0 Å². The Bertz CT molecular complexity index is 327. The average Bonchev–Trinajstić information content (AvgIpc) is 2.18. The van der Waals surface area contributed by atoms with Gasteiger partial charge in [0.2, 0.25) is 0 Å². The van der Waals surface area contributed by atoms with Crippen molar-refractivity contribution in [3.05, 3.63) is 35.4 Å². The second kappa shape index (κ2) is 4.96. The van der Waals surface area contributed by atoms with Crippen LogP contribution in [0.25, 0.3) is 0 Å². The molecule has 0 spiro atoms. The molecular weight excluding hydrogens is 186 g/mol. The second-order valence-electron chi connectivity index (χ2n) is 4.37. The zero-order chi connectivity index (χ0) is 11.4. The third-order valence-corrected chi connectivity index (χ3v) is 2.67. The quantitative estimate of drug-likeness (QED) is 0.807. The van der Waals surface area contributed by atoms with Crippen molar-refractivity contribution in [2.24, 2.45) is 5.92 Å². The van der Waals surface area contributed by atoms with Gasteiger partial charge in [0.05, 0.1) is 0 Å². The van der Waals surface area contributed by atoms with Crippen molar-refractivity contribution in [2.75, 3.05) is 0 Å². The summed E-state index contributed by atoms with van der Waals surface area (Å²) in [6, 6.07) is 7.83. The first-order valence-electron chi connectivity index (χ1n) is 5.38. The predicted molar refractivity (Wildman–Crippen MR) is 62.9 cm³/mol. The number of carbonyl (C=O) groups is 1. The molecule has 0 bridgehead atoms. The van der Waals surface area contributed by atoms with Gasteiger partial charge < -0.3 is 5.32 Å². The van der Waals surface area contributed by atoms with Crippen molar-refractivity contribution >= 4 is 5.91 Å². The third kappa shape index (κ3) is 3.39. The van der Waals surface area contributed by atoms with E-state index in [1.165, 1.54) is 5.56 Å². The topological polar surface area (TPSA) is 29.1 Å². The van der Waals surface area contributed by atoms with Gasteiger partial charge in [-0.15, -0.1) is 0 Å². The lowest BCUT2D eigenvalue weighted by Crippen LogP contribution is -2.36. The number of benzene rings is 1. The van der Waals surface area contributed by atoms with Crippen LogP contribution in [0, 0.1) is 12.8 Å². The minimum absolute atomic E-state index is 0.0104. The first-order chi connectivity index (χ1) is 7.00. The van der Waals surface area contributed by atoms with E-state index in [2.05, 4.69) is 19.2 Å². The standard InChI is InChI=1S/C13H19NO/c1-9(2)11(4)14-13(15)12-7-5-10(3)6-8-12/h5-9,11H,1-4H3,(H,14,15)/t11-/m0/s1. The number of aryl methyl sites for hydroxylation is 1. The van der Waals surface area contributed by atoms with E-state index in [-0.39, 0.29) is 11.9 Å². The van der Waals surface area contributed by atoms with Crippen LogP contribution in [-0.4, -0.2) is 11.9 Å². The second-order valence-corrected chi connectivity index (χ2v) is 4.37. The molecule has 0 heterocycles. The molecule has 0 aromatic heterocycles. The molecule has 0 saturated carbocycles. The molecule has 1 N–H and O–H groups in total. The molecule has 1 aromatic rings. The van der Waals surface area contributed by atoms with E-state index < -0.39 is 0 Å². The van der Waals surface area contributed by atoms with E-state index in [1.807, 2.05) is 38.1 Å². The van der Waals surface area contributed by atoms with Gasteiger partial charge >= 0.3 is 0 Å². The number of amides is 1. The van der Waals surface area contributed by atoms with Crippen molar-refractivity contribution in [2.45, 2.75) is 33.7 Å². The number of nitrogens with one attached hydrogen (secondary N) is 1. The number of hydrogen-bond donors (Lipinski definition) is 1. The van der Waals surface area contributed by atoms with Crippen LogP contribution in [0.4, 0.5) is 0 Å². The van der Waals surface area contributed by atoms with E-state index in [4.69, 9.17) is 0 Å². The Morgan fingerprint density at radius 2 is 1.67 bits per heavy atom. The van der Waals surface area contributed by atoms with E-state index >= 15 is 0 Å². The van der Waals surface area contributed by atoms with Crippen LogP contribution in [0.2, 0.25) is 0 Å². The van der Waals surface area contributed by atoms with Gasteiger partial charge in [-0.3, -0.25) is 4.79 Å². The zero-order valence-corrected chi connectivity index (χ0v) is 9.87. The van der Waals surface area contributed by atoms with Crippen LogP contribution >= 0.6 is 0 Å². The molecule has 1 aromatic carbocycles. The van der Waals surface area contributed by atoms with Gasteiger partial charge in [-0.25, -0.2) is 0 Å². The monoisotopic (exact) mass is 205 g/mol. The Morgan fingerprint density at radius 3 is 2.13 bits per heavy atom. The highest BCUT2D eigenvalue weighted by Crippen LogP contribution is 2.05. The van der Waals surface area contributed by atoms with E-state index in [0.717, 1.165) is 5.56 Å². The Kier molecular flexibility index (Phi) is 3.89. The molecule has 0 aliphatic carbocycles. The molecule has 2 nitrogen and oxygen atoms in total. The highest BCUT2D eigenvalue weighted by Gasteiger charge is 2.11. The lowest BCUT2D eigenvalue weighted by molar-refractivity contribution is 0.0930. The molecule has 0 aliphatic rings. The summed E-state index contributed by atoms with van der Waals surface area (Å²) in [7, 11) is 0. The Labute approximate surface area is 91.7 Å². The Morgan fingerprint density at radius 1 is 1.13 bits per heavy atom. The zero-order valence-electron chi connectivity index (χ0n) is 9.87. The molecule has 1 rings (SSSR count). The predicted octanol–water partition coefficient (Wildman–Crippen LogP) is 2.77. The van der Waals surface area contributed by atoms with Crippen molar-refractivity contribution in [3.63, 3.8) is 0 Å². The van der Waals surface area contributed by atoms with Crippen molar-refractivity contribution < 1.29 is 4.79 Å². The molecule has 0 fully saturated rings. The normalized spacial score (nSPS) is 12.6. The van der Waals surface area contributed by atoms with E-state index in [9.17, 15) is 4.79 Å². The minimum atomic E-state index is 0.0104. The number of rotatable bonds is 3. The van der Waals surface area contributed by atoms with Crippen molar-refractivity contribution in [1.82, 2.24) is 5.32 Å². The molecule has 0 radical (unpaired) electrons. The largest absolute Gasteiger partial charge is 0.349 e. The molecule has 15 heavy (non-hydrogen) atoms. The molecule has 82 valence electrons. The molecule has 1 amide bonds. The number of carbonyl (C=O) groups excluding carboxylic acids is 1. The highest BCUT2D eigenvalue weighted by atomic mass is 16.1. The van der Waals surface area contributed by atoms with Crippen LogP contribution in [0.5, 0.6) is 0 Å². The van der Waals surface area contributed by atoms with Gasteiger partial charge in [0, 0.05) is 11.6 Å². The van der Waals surface area contributed by atoms with Gasteiger partial charge in [-0.2, -0.15) is 0 Å². The lowest BCUT2D eigenvalue weighted by atomic mass is 10.1. The Hall–Kier alpha value is -1.31. The van der Waals surface area contributed by atoms with Crippen LogP contribution in [0.15, 0.2) is 24.3 Å². The lowest BCUT2D eigenvalue weighted by Gasteiger charge is -2.17. The van der Waals surface area contributed by atoms with Crippen LogP contribution in [0.1, 0.15) is 36.7 Å². The summed E-state index contributed by atoms with van der Waals surface area (Å²) >= 11 is 0. The summed E-state index contributed by atoms with van der Waals surface area (Å²) in [5.74, 6) is 0.468. The maximum absolute atomic E-state index is 11.8. The molecule has 2 heteroatoms. The molecule has 0 aliphatic heterocycles. The summed E-state index contributed by atoms with van der Waals surface area (Å²) in [5, 5.41) is 2.98. The summed E-state index contributed by atoms with van der Waals surface area (Å²) in [5.41, 5.74) is 1.90. The van der Waals surface area contributed by atoms with Crippen LogP contribution in [0.3, 0.4) is 0 Å².